The van der Waals surface area contributed by atoms with Crippen LogP contribution in [0.5, 0.6) is 0 Å². The minimum Gasteiger partial charge on any atom is -0.382 e. The first-order valence-corrected chi connectivity index (χ1v) is 9.47. The summed E-state index contributed by atoms with van der Waals surface area (Å²) in [7, 11) is 3.94. The summed E-state index contributed by atoms with van der Waals surface area (Å²) in [5, 5.41) is 3.46. The number of nitrogens with zero attached hydrogens (tertiary/aromatic N) is 3. The number of aliphatic imine (C=N–C) groups is 1. The summed E-state index contributed by atoms with van der Waals surface area (Å²) in [6.07, 6.45) is 3.87. The van der Waals surface area contributed by atoms with Gasteiger partial charge in [0, 0.05) is 44.7 Å². The van der Waals surface area contributed by atoms with Crippen LogP contribution in [0.4, 0.5) is 0 Å². The number of nitrogens with one attached hydrogen (secondary N) is 1. The second kappa shape index (κ2) is 12.3. The summed E-state index contributed by atoms with van der Waals surface area (Å²) in [6, 6.07) is 1.29. The third-order valence-corrected chi connectivity index (χ3v) is 5.03. The largest absolute Gasteiger partial charge is 0.382 e. The zero-order chi connectivity index (χ0) is 17.4. The topological polar surface area (TPSA) is 49.3 Å². The van der Waals surface area contributed by atoms with Gasteiger partial charge in [-0.15, -0.1) is 24.0 Å². The van der Waals surface area contributed by atoms with Crippen molar-refractivity contribution in [3.05, 3.63) is 0 Å². The van der Waals surface area contributed by atoms with Crippen LogP contribution < -0.4 is 5.32 Å². The smallest absolute Gasteiger partial charge is 0.193 e. The lowest BCUT2D eigenvalue weighted by Crippen LogP contribution is -2.41. The number of rotatable bonds is 10. The normalized spacial score (nSPS) is 22.2. The highest BCUT2D eigenvalue weighted by molar-refractivity contribution is 14.0. The van der Waals surface area contributed by atoms with E-state index in [0.29, 0.717) is 25.2 Å². The lowest BCUT2D eigenvalue weighted by atomic mass is 10.1. The summed E-state index contributed by atoms with van der Waals surface area (Å²) in [6.45, 7) is 10.5. The number of ether oxygens (including phenoxy) is 2. The molecule has 6 nitrogen and oxygen atoms in total. The highest BCUT2D eigenvalue weighted by atomic mass is 127. The van der Waals surface area contributed by atoms with Crippen molar-refractivity contribution in [2.45, 2.75) is 45.2 Å². The molecule has 0 aromatic rings. The maximum Gasteiger partial charge on any atom is 0.193 e. The van der Waals surface area contributed by atoms with Gasteiger partial charge in [0.25, 0.3) is 0 Å². The molecule has 7 heteroatoms. The van der Waals surface area contributed by atoms with Gasteiger partial charge < -0.3 is 19.7 Å². The highest BCUT2D eigenvalue weighted by Crippen LogP contribution is 2.27. The summed E-state index contributed by atoms with van der Waals surface area (Å²) >= 11 is 0. The van der Waals surface area contributed by atoms with E-state index in [0.717, 1.165) is 44.8 Å². The monoisotopic (exact) mass is 468 g/mol. The number of hydrogen-bond donors (Lipinski definition) is 1. The minimum atomic E-state index is 0. The van der Waals surface area contributed by atoms with Crippen LogP contribution in [0, 0.1) is 5.92 Å². The second-order valence-electron chi connectivity index (χ2n) is 7.11. The van der Waals surface area contributed by atoms with Crippen molar-refractivity contribution in [1.82, 2.24) is 15.1 Å². The Bertz CT molecular complexity index is 393. The molecule has 0 aromatic heterocycles. The average molecular weight is 468 g/mol. The molecule has 0 aromatic carbocycles. The Morgan fingerprint density at radius 3 is 2.72 bits per heavy atom. The predicted octanol–water partition coefficient (Wildman–Crippen LogP) is 2.04. The molecular formula is C18H37IN4O2. The molecule has 1 aliphatic heterocycles. The van der Waals surface area contributed by atoms with Crippen LogP contribution in [-0.2, 0) is 9.47 Å². The molecule has 2 atom stereocenters. The lowest BCUT2D eigenvalue weighted by Gasteiger charge is -2.25. The molecule has 2 unspecified atom stereocenters. The van der Waals surface area contributed by atoms with E-state index in [4.69, 9.17) is 14.5 Å². The second-order valence-corrected chi connectivity index (χ2v) is 7.11. The Labute approximate surface area is 170 Å². The molecule has 0 radical (unpaired) electrons. The molecule has 0 spiro atoms. The fourth-order valence-electron chi connectivity index (χ4n) is 3.17. The van der Waals surface area contributed by atoms with Crippen molar-refractivity contribution in [3.63, 3.8) is 0 Å². The number of guanidine groups is 1. The Hall–Kier alpha value is -0.120. The fourth-order valence-corrected chi connectivity index (χ4v) is 3.17. The van der Waals surface area contributed by atoms with Gasteiger partial charge >= 0.3 is 0 Å². The molecule has 1 saturated heterocycles. The van der Waals surface area contributed by atoms with Gasteiger partial charge in [0.15, 0.2) is 5.96 Å². The van der Waals surface area contributed by atoms with E-state index in [9.17, 15) is 0 Å². The summed E-state index contributed by atoms with van der Waals surface area (Å²) in [4.78, 5) is 9.76. The van der Waals surface area contributed by atoms with Gasteiger partial charge in [0.2, 0.25) is 0 Å². The van der Waals surface area contributed by atoms with Crippen molar-refractivity contribution in [3.8, 4) is 0 Å². The third kappa shape index (κ3) is 7.97. The van der Waals surface area contributed by atoms with Crippen molar-refractivity contribution >= 4 is 29.9 Å². The maximum absolute atomic E-state index is 5.69. The molecule has 148 valence electrons. The summed E-state index contributed by atoms with van der Waals surface area (Å²) < 4.78 is 10.7. The molecule has 2 aliphatic rings. The van der Waals surface area contributed by atoms with Crippen LogP contribution in [0.1, 0.15) is 33.1 Å². The van der Waals surface area contributed by atoms with Crippen LogP contribution in [0.2, 0.25) is 0 Å². The van der Waals surface area contributed by atoms with E-state index < -0.39 is 0 Å². The summed E-state index contributed by atoms with van der Waals surface area (Å²) in [5.41, 5.74) is 0. The van der Waals surface area contributed by atoms with Crippen LogP contribution >= 0.6 is 24.0 Å². The van der Waals surface area contributed by atoms with Gasteiger partial charge in [-0.05, 0) is 40.2 Å². The molecule has 1 aliphatic carbocycles. The molecule has 0 bridgehead atoms. The SMILES string of the molecule is CCNC(=NCC(C)N(C)C1CC1)N1CCC(COCCOC)C1.I. The van der Waals surface area contributed by atoms with E-state index in [1.807, 2.05) is 0 Å². The molecule has 25 heavy (non-hydrogen) atoms. The Kier molecular flexibility index (Phi) is 11.3. The molecule has 1 N–H and O–H groups in total. The fraction of sp³-hybridized carbons (Fsp3) is 0.944. The Balaban J connectivity index is 0.00000312. The van der Waals surface area contributed by atoms with Gasteiger partial charge in [0.1, 0.15) is 0 Å². The Morgan fingerprint density at radius 2 is 2.08 bits per heavy atom. The first-order valence-electron chi connectivity index (χ1n) is 9.47. The zero-order valence-electron chi connectivity index (χ0n) is 16.4. The van der Waals surface area contributed by atoms with Crippen molar-refractivity contribution in [1.29, 1.82) is 0 Å². The first kappa shape index (κ1) is 22.9. The first-order chi connectivity index (χ1) is 11.7. The van der Waals surface area contributed by atoms with Crippen LogP contribution in [0.25, 0.3) is 0 Å². The molecule has 2 fully saturated rings. The minimum absolute atomic E-state index is 0. The highest BCUT2D eigenvalue weighted by Gasteiger charge is 2.29. The third-order valence-electron chi connectivity index (χ3n) is 5.03. The van der Waals surface area contributed by atoms with E-state index in [1.165, 1.54) is 19.3 Å². The number of likely N-dealkylation sites (N-methyl/N-ethyl adjacent to an activating group) is 1. The van der Waals surface area contributed by atoms with Crippen molar-refractivity contribution < 1.29 is 9.47 Å². The lowest BCUT2D eigenvalue weighted by molar-refractivity contribution is 0.0536. The van der Waals surface area contributed by atoms with Crippen molar-refractivity contribution in [2.24, 2.45) is 10.9 Å². The van der Waals surface area contributed by atoms with Gasteiger partial charge in [0.05, 0.1) is 26.4 Å². The van der Waals surface area contributed by atoms with Crippen molar-refractivity contribution in [2.75, 3.05) is 60.2 Å². The van der Waals surface area contributed by atoms with Gasteiger partial charge in [-0.3, -0.25) is 9.89 Å². The van der Waals surface area contributed by atoms with E-state index >= 15 is 0 Å². The summed E-state index contributed by atoms with van der Waals surface area (Å²) in [5.74, 6) is 1.66. The quantitative estimate of drug-likeness (QED) is 0.230. The molecule has 2 rings (SSSR count). The van der Waals surface area contributed by atoms with Gasteiger partial charge in [-0.2, -0.15) is 0 Å². The van der Waals surface area contributed by atoms with Crippen LogP contribution in [-0.4, -0.2) is 88.0 Å². The standard InChI is InChI=1S/C18H36N4O2.HI/c1-5-19-18(20-12-15(2)21(3)17-6-7-17)22-9-8-16(13-22)14-24-11-10-23-4;/h15-17H,5-14H2,1-4H3,(H,19,20);1H. The number of likely N-dealkylation sites (tertiary alicyclic amines) is 1. The molecule has 0 amide bonds. The average Bonchev–Trinajstić information content (AvgIpc) is 3.33. The number of halogens is 1. The number of methoxy groups -OCH3 is 1. The van der Waals surface area contributed by atoms with E-state index in [1.54, 1.807) is 7.11 Å². The molecular weight excluding hydrogens is 431 g/mol. The van der Waals surface area contributed by atoms with E-state index in [2.05, 4.69) is 36.0 Å². The molecule has 1 heterocycles. The maximum atomic E-state index is 5.69. The van der Waals surface area contributed by atoms with Crippen LogP contribution in [0.3, 0.4) is 0 Å². The zero-order valence-corrected chi connectivity index (χ0v) is 18.7. The molecule has 1 saturated carbocycles. The predicted molar refractivity (Wildman–Crippen MR) is 114 cm³/mol. The number of hydrogen-bond acceptors (Lipinski definition) is 4. The van der Waals surface area contributed by atoms with Crippen LogP contribution in [0.15, 0.2) is 4.99 Å². The van der Waals surface area contributed by atoms with Gasteiger partial charge in [-0.1, -0.05) is 0 Å². The Morgan fingerprint density at radius 1 is 1.32 bits per heavy atom. The van der Waals surface area contributed by atoms with Gasteiger partial charge in [-0.25, -0.2) is 0 Å². The van der Waals surface area contributed by atoms with E-state index in [-0.39, 0.29) is 24.0 Å².